The summed E-state index contributed by atoms with van der Waals surface area (Å²) in [6.07, 6.45) is 5.44. The standard InChI is InChI=1S/C30H37FN4/c1-3-12-34-17-25(31)27(18-34)32-22-10-8-21(9-11-22)29-28-24(23-6-4-5-7-26(23)33-28)13-19(2)35(29)30-14-20(15-30)16-30/h4-11,19-20,25,27,29,32-33H,3,12-18H2,1-2H3/t19-,20?,25-,27-,29-,30?/m1/s1. The fourth-order valence-electron chi connectivity index (χ4n) is 7.73. The highest BCUT2D eigenvalue weighted by atomic mass is 19.1. The number of anilines is 1. The Hall–Kier alpha value is -2.37. The summed E-state index contributed by atoms with van der Waals surface area (Å²) in [6.45, 7) is 6.89. The molecule has 35 heavy (non-hydrogen) atoms. The van der Waals surface area contributed by atoms with Crippen LogP contribution in [0.25, 0.3) is 10.9 Å². The van der Waals surface area contributed by atoms with Crippen molar-refractivity contribution < 1.29 is 4.39 Å². The lowest BCUT2D eigenvalue weighted by Crippen LogP contribution is -2.71. The van der Waals surface area contributed by atoms with Gasteiger partial charge in [0.1, 0.15) is 6.17 Å². The predicted octanol–water partition coefficient (Wildman–Crippen LogP) is 5.90. The van der Waals surface area contributed by atoms with Crippen molar-refractivity contribution in [2.75, 3.05) is 25.0 Å². The van der Waals surface area contributed by atoms with Gasteiger partial charge in [0.25, 0.3) is 0 Å². The van der Waals surface area contributed by atoms with Crippen molar-refractivity contribution in [2.45, 2.75) is 75.8 Å². The number of nitrogens with one attached hydrogen (secondary N) is 2. The molecule has 1 saturated heterocycles. The van der Waals surface area contributed by atoms with E-state index in [-0.39, 0.29) is 12.1 Å². The molecule has 4 nitrogen and oxygen atoms in total. The molecule has 5 aliphatic rings. The molecule has 3 saturated carbocycles. The second-order valence-corrected chi connectivity index (χ2v) is 11.8. The smallest absolute Gasteiger partial charge is 0.134 e. The number of hydrogen-bond donors (Lipinski definition) is 2. The highest BCUT2D eigenvalue weighted by Gasteiger charge is 2.63. The summed E-state index contributed by atoms with van der Waals surface area (Å²) in [5, 5.41) is 4.87. The summed E-state index contributed by atoms with van der Waals surface area (Å²) in [5.74, 6) is 0.950. The van der Waals surface area contributed by atoms with Gasteiger partial charge in [-0.15, -0.1) is 0 Å². The number of likely N-dealkylation sites (tertiary alicyclic amines) is 1. The molecule has 4 atom stereocenters. The van der Waals surface area contributed by atoms with Gasteiger partial charge in [0.15, 0.2) is 0 Å². The zero-order valence-electron chi connectivity index (χ0n) is 20.9. The molecule has 1 aromatic heterocycles. The van der Waals surface area contributed by atoms with Crippen LogP contribution < -0.4 is 5.32 Å². The number of aromatic nitrogens is 1. The van der Waals surface area contributed by atoms with Crippen molar-refractivity contribution in [1.29, 1.82) is 0 Å². The van der Waals surface area contributed by atoms with Crippen LogP contribution in [0.5, 0.6) is 0 Å². The number of para-hydroxylation sites is 1. The largest absolute Gasteiger partial charge is 0.378 e. The van der Waals surface area contributed by atoms with Crippen LogP contribution in [0.4, 0.5) is 10.1 Å². The Bertz CT molecular complexity index is 1220. The molecule has 4 fully saturated rings. The Morgan fingerprint density at radius 2 is 1.83 bits per heavy atom. The topological polar surface area (TPSA) is 34.3 Å². The SMILES string of the molecule is CCCN1C[C@@H](F)[C@H](Nc2ccc([C@@H]3c4[nH]c5ccccc5c4C[C@@H](C)N3C34CC(C3)C4)cc2)C1. The molecule has 2 aromatic carbocycles. The zero-order valence-corrected chi connectivity index (χ0v) is 20.9. The van der Waals surface area contributed by atoms with Gasteiger partial charge in [0.05, 0.1) is 12.1 Å². The number of aromatic amines is 1. The third kappa shape index (κ3) is 3.38. The first-order valence-electron chi connectivity index (χ1n) is 13.7. The second-order valence-electron chi connectivity index (χ2n) is 11.8. The van der Waals surface area contributed by atoms with Crippen LogP contribution in [0, 0.1) is 5.92 Å². The fourth-order valence-corrected chi connectivity index (χ4v) is 7.73. The summed E-state index contributed by atoms with van der Waals surface area (Å²) < 4.78 is 14.6. The highest BCUT2D eigenvalue weighted by Crippen LogP contribution is 2.64. The molecule has 2 N–H and O–H groups in total. The Morgan fingerprint density at radius 3 is 2.54 bits per heavy atom. The summed E-state index contributed by atoms with van der Waals surface area (Å²) in [4.78, 5) is 8.92. The number of nitrogens with zero attached hydrogens (tertiary/aromatic N) is 2. The predicted molar refractivity (Wildman–Crippen MR) is 141 cm³/mol. The van der Waals surface area contributed by atoms with Crippen molar-refractivity contribution in [2.24, 2.45) is 5.92 Å². The molecule has 2 aliphatic heterocycles. The molecular formula is C30H37FN4. The second kappa shape index (κ2) is 8.07. The first kappa shape index (κ1) is 21.9. The summed E-state index contributed by atoms with van der Waals surface area (Å²) in [6, 6.07) is 18.3. The number of alkyl halides is 1. The molecule has 2 bridgehead atoms. The maximum atomic E-state index is 14.6. The van der Waals surface area contributed by atoms with Crippen LogP contribution >= 0.6 is 0 Å². The Kier molecular flexibility index (Phi) is 5.05. The number of benzene rings is 2. The molecule has 0 amide bonds. The minimum atomic E-state index is -0.811. The number of halogens is 1. The number of fused-ring (bicyclic) bond motifs is 3. The third-order valence-corrected chi connectivity index (χ3v) is 9.37. The van der Waals surface area contributed by atoms with E-state index < -0.39 is 6.17 Å². The van der Waals surface area contributed by atoms with Crippen LogP contribution in [-0.2, 0) is 6.42 Å². The van der Waals surface area contributed by atoms with E-state index in [1.807, 2.05) is 0 Å². The fraction of sp³-hybridized carbons (Fsp3) is 0.533. The van der Waals surface area contributed by atoms with Crippen LogP contribution in [0.3, 0.4) is 0 Å². The molecule has 5 heteroatoms. The third-order valence-electron chi connectivity index (χ3n) is 9.37. The molecule has 0 spiro atoms. The van der Waals surface area contributed by atoms with E-state index in [0.717, 1.165) is 37.5 Å². The van der Waals surface area contributed by atoms with Crippen molar-refractivity contribution in [3.05, 3.63) is 65.4 Å². The molecule has 3 heterocycles. The van der Waals surface area contributed by atoms with E-state index in [9.17, 15) is 4.39 Å². The maximum Gasteiger partial charge on any atom is 0.134 e. The van der Waals surface area contributed by atoms with E-state index in [1.54, 1.807) is 0 Å². The average Bonchev–Trinajstić information content (AvgIpc) is 3.33. The van der Waals surface area contributed by atoms with Crippen molar-refractivity contribution in [1.82, 2.24) is 14.8 Å². The van der Waals surface area contributed by atoms with Crippen molar-refractivity contribution >= 4 is 16.6 Å². The first-order valence-corrected chi connectivity index (χ1v) is 13.7. The van der Waals surface area contributed by atoms with E-state index in [1.165, 1.54) is 47.0 Å². The van der Waals surface area contributed by atoms with Gasteiger partial charge < -0.3 is 10.3 Å². The first-order chi connectivity index (χ1) is 17.0. The minimum absolute atomic E-state index is 0.125. The van der Waals surface area contributed by atoms with E-state index in [0.29, 0.717) is 18.1 Å². The van der Waals surface area contributed by atoms with Gasteiger partial charge in [-0.05, 0) is 80.8 Å². The summed E-state index contributed by atoms with van der Waals surface area (Å²) in [5.41, 5.74) is 6.87. The van der Waals surface area contributed by atoms with Crippen molar-refractivity contribution in [3.63, 3.8) is 0 Å². The quantitative estimate of drug-likeness (QED) is 0.469. The van der Waals surface area contributed by atoms with E-state index >= 15 is 0 Å². The van der Waals surface area contributed by atoms with Gasteiger partial charge in [-0.1, -0.05) is 37.3 Å². The lowest BCUT2D eigenvalue weighted by atomic mass is 9.48. The minimum Gasteiger partial charge on any atom is -0.378 e. The Balaban J connectivity index is 1.21. The van der Waals surface area contributed by atoms with Gasteiger partial charge >= 0.3 is 0 Å². The van der Waals surface area contributed by atoms with Crippen molar-refractivity contribution in [3.8, 4) is 0 Å². The van der Waals surface area contributed by atoms with Gasteiger partial charge in [0, 0.05) is 47.0 Å². The molecule has 3 aliphatic carbocycles. The average molecular weight is 473 g/mol. The van der Waals surface area contributed by atoms with Gasteiger partial charge in [0.2, 0.25) is 0 Å². The lowest BCUT2D eigenvalue weighted by Gasteiger charge is -2.70. The van der Waals surface area contributed by atoms with E-state index in [4.69, 9.17) is 0 Å². The van der Waals surface area contributed by atoms with Crippen LogP contribution in [-0.4, -0.2) is 58.2 Å². The molecule has 8 rings (SSSR count). The molecule has 0 unspecified atom stereocenters. The maximum absolute atomic E-state index is 14.6. The molecule has 0 radical (unpaired) electrons. The number of hydrogen-bond acceptors (Lipinski definition) is 3. The molecule has 184 valence electrons. The van der Waals surface area contributed by atoms with Crippen LogP contribution in [0.2, 0.25) is 0 Å². The van der Waals surface area contributed by atoms with E-state index in [2.05, 4.69) is 82.5 Å². The summed E-state index contributed by atoms with van der Waals surface area (Å²) >= 11 is 0. The van der Waals surface area contributed by atoms with Crippen LogP contribution in [0.1, 0.15) is 62.4 Å². The Morgan fingerprint density at radius 1 is 1.06 bits per heavy atom. The normalized spacial score (nSPS) is 34.4. The van der Waals surface area contributed by atoms with Gasteiger partial charge in [-0.3, -0.25) is 9.80 Å². The summed E-state index contributed by atoms with van der Waals surface area (Å²) in [7, 11) is 0. The monoisotopic (exact) mass is 472 g/mol. The number of rotatable bonds is 6. The molecule has 3 aromatic rings. The van der Waals surface area contributed by atoms with Gasteiger partial charge in [-0.2, -0.15) is 0 Å². The Labute approximate surface area is 207 Å². The van der Waals surface area contributed by atoms with Crippen LogP contribution in [0.15, 0.2) is 48.5 Å². The van der Waals surface area contributed by atoms with Gasteiger partial charge in [-0.25, -0.2) is 4.39 Å². The lowest BCUT2D eigenvalue weighted by molar-refractivity contribution is -0.174. The zero-order chi connectivity index (χ0) is 23.7. The molecular weight excluding hydrogens is 435 g/mol. The highest BCUT2D eigenvalue weighted by molar-refractivity contribution is 5.85. The number of H-pyrrole nitrogens is 1.